The standard InChI is InChI=1S/C15H24N4O10/c16-5-10(21)17-9(6-20)14(27)18-7(1-3-11(22)23)13(26)19-8(15(28)29)2-4-12(24)25/h7-9,20H,1-6,16H2,(H,17,21)(H,18,27)(H,19,26)(H,22,23)(H,24,25)(H,28,29). The maximum atomic E-state index is 12.3. The fourth-order valence-electron chi connectivity index (χ4n) is 2.05. The minimum absolute atomic E-state index is 0.429. The first kappa shape index (κ1) is 25.7. The Morgan fingerprint density at radius 2 is 1.17 bits per heavy atom. The van der Waals surface area contributed by atoms with Crippen molar-refractivity contribution in [2.45, 2.75) is 43.8 Å². The number of hydrogen-bond acceptors (Lipinski definition) is 8. The van der Waals surface area contributed by atoms with Gasteiger partial charge in [0.15, 0.2) is 0 Å². The van der Waals surface area contributed by atoms with Gasteiger partial charge in [0.1, 0.15) is 18.1 Å². The lowest BCUT2D eigenvalue weighted by Gasteiger charge is -2.23. The van der Waals surface area contributed by atoms with Crippen LogP contribution in [-0.4, -0.2) is 87.3 Å². The number of carbonyl (C=O) groups excluding carboxylic acids is 3. The van der Waals surface area contributed by atoms with Crippen molar-refractivity contribution < 1.29 is 49.2 Å². The summed E-state index contributed by atoms with van der Waals surface area (Å²) in [5.41, 5.74) is 5.09. The molecule has 14 heteroatoms. The molecule has 0 heterocycles. The molecule has 164 valence electrons. The molecule has 0 bridgehead atoms. The third kappa shape index (κ3) is 10.6. The van der Waals surface area contributed by atoms with E-state index in [1.54, 1.807) is 0 Å². The lowest BCUT2D eigenvalue weighted by atomic mass is 10.1. The molecule has 9 N–H and O–H groups in total. The number of aliphatic carboxylic acids is 3. The van der Waals surface area contributed by atoms with Crippen LogP contribution in [-0.2, 0) is 28.8 Å². The van der Waals surface area contributed by atoms with E-state index in [1.165, 1.54) is 0 Å². The average Bonchev–Trinajstić information content (AvgIpc) is 2.64. The van der Waals surface area contributed by atoms with Gasteiger partial charge in [-0.3, -0.25) is 24.0 Å². The van der Waals surface area contributed by atoms with E-state index in [2.05, 4.69) is 10.6 Å². The summed E-state index contributed by atoms with van der Waals surface area (Å²) in [4.78, 5) is 68.3. The molecule has 14 nitrogen and oxygen atoms in total. The zero-order valence-corrected chi connectivity index (χ0v) is 15.3. The Hall–Kier alpha value is -3.26. The van der Waals surface area contributed by atoms with Crippen LogP contribution >= 0.6 is 0 Å². The molecule has 29 heavy (non-hydrogen) atoms. The fourth-order valence-corrected chi connectivity index (χ4v) is 2.05. The van der Waals surface area contributed by atoms with Gasteiger partial charge in [-0.15, -0.1) is 0 Å². The quantitative estimate of drug-likeness (QED) is 0.135. The van der Waals surface area contributed by atoms with Crippen molar-refractivity contribution in [1.82, 2.24) is 16.0 Å². The maximum absolute atomic E-state index is 12.3. The van der Waals surface area contributed by atoms with E-state index < -0.39 is 92.6 Å². The van der Waals surface area contributed by atoms with Crippen molar-refractivity contribution in [2.75, 3.05) is 13.2 Å². The van der Waals surface area contributed by atoms with E-state index in [9.17, 15) is 33.9 Å². The van der Waals surface area contributed by atoms with Gasteiger partial charge in [0.05, 0.1) is 13.2 Å². The lowest BCUT2D eigenvalue weighted by Crippen LogP contribution is -2.57. The van der Waals surface area contributed by atoms with Gasteiger partial charge in [-0.1, -0.05) is 0 Å². The number of rotatable bonds is 14. The number of amides is 3. The van der Waals surface area contributed by atoms with Crippen LogP contribution in [0.5, 0.6) is 0 Å². The Balaban J connectivity index is 5.25. The summed E-state index contributed by atoms with van der Waals surface area (Å²) in [6.07, 6.45) is -1.99. The number of aliphatic hydroxyl groups is 1. The molecule has 3 atom stereocenters. The van der Waals surface area contributed by atoms with E-state index in [4.69, 9.17) is 21.1 Å². The van der Waals surface area contributed by atoms with E-state index in [0.717, 1.165) is 0 Å². The molecule has 0 aliphatic carbocycles. The lowest BCUT2D eigenvalue weighted by molar-refractivity contribution is -0.144. The highest BCUT2D eigenvalue weighted by Gasteiger charge is 2.29. The summed E-state index contributed by atoms with van der Waals surface area (Å²) >= 11 is 0. The highest BCUT2D eigenvalue weighted by molar-refractivity contribution is 5.93. The zero-order chi connectivity index (χ0) is 22.6. The van der Waals surface area contributed by atoms with Gasteiger partial charge in [-0.05, 0) is 12.8 Å². The van der Waals surface area contributed by atoms with E-state index in [1.807, 2.05) is 5.32 Å². The van der Waals surface area contributed by atoms with Gasteiger partial charge >= 0.3 is 17.9 Å². The number of nitrogens with two attached hydrogens (primary N) is 1. The molecule has 0 radical (unpaired) electrons. The first-order chi connectivity index (χ1) is 13.5. The number of carboxylic acids is 3. The zero-order valence-electron chi connectivity index (χ0n) is 15.3. The molecule has 0 saturated heterocycles. The van der Waals surface area contributed by atoms with E-state index in [0.29, 0.717) is 0 Å². The van der Waals surface area contributed by atoms with Gasteiger partial charge in [0.25, 0.3) is 0 Å². The van der Waals surface area contributed by atoms with Crippen molar-refractivity contribution in [3.05, 3.63) is 0 Å². The summed E-state index contributed by atoms with van der Waals surface area (Å²) in [7, 11) is 0. The summed E-state index contributed by atoms with van der Waals surface area (Å²) in [5, 5.41) is 42.0. The van der Waals surface area contributed by atoms with Gasteiger partial charge in [-0.25, -0.2) is 4.79 Å². The van der Waals surface area contributed by atoms with E-state index in [-0.39, 0.29) is 0 Å². The first-order valence-electron chi connectivity index (χ1n) is 8.39. The predicted octanol–water partition coefficient (Wildman–Crippen LogP) is -3.79. The maximum Gasteiger partial charge on any atom is 0.326 e. The molecule has 0 spiro atoms. The van der Waals surface area contributed by atoms with E-state index >= 15 is 0 Å². The Labute approximate surface area is 164 Å². The minimum atomic E-state index is -1.59. The third-order valence-electron chi connectivity index (χ3n) is 3.56. The smallest absolute Gasteiger partial charge is 0.326 e. The third-order valence-corrected chi connectivity index (χ3v) is 3.56. The number of carboxylic acid groups (broad SMARTS) is 3. The molecule has 3 amide bonds. The predicted molar refractivity (Wildman–Crippen MR) is 93.3 cm³/mol. The molecule has 0 rings (SSSR count). The number of hydrogen-bond donors (Lipinski definition) is 8. The largest absolute Gasteiger partial charge is 0.481 e. The molecule has 0 saturated carbocycles. The summed E-state index contributed by atoms with van der Waals surface area (Å²) < 4.78 is 0. The Morgan fingerprint density at radius 3 is 1.59 bits per heavy atom. The van der Waals surface area contributed by atoms with Crippen LogP contribution < -0.4 is 21.7 Å². The van der Waals surface area contributed by atoms with Crippen molar-refractivity contribution in [2.24, 2.45) is 5.73 Å². The van der Waals surface area contributed by atoms with Crippen molar-refractivity contribution >= 4 is 35.6 Å². The number of nitrogens with one attached hydrogen (secondary N) is 3. The second-order valence-electron chi connectivity index (χ2n) is 5.83. The normalized spacial score (nSPS) is 13.4. The summed E-state index contributed by atoms with van der Waals surface area (Å²) in [5.74, 6) is -6.98. The molecular weight excluding hydrogens is 396 g/mol. The highest BCUT2D eigenvalue weighted by Crippen LogP contribution is 2.03. The average molecular weight is 420 g/mol. The topological polar surface area (TPSA) is 245 Å². The van der Waals surface area contributed by atoms with Gasteiger partial charge < -0.3 is 42.1 Å². The molecule has 0 aromatic carbocycles. The summed E-state index contributed by atoms with van der Waals surface area (Å²) in [6, 6.07) is -4.59. The van der Waals surface area contributed by atoms with Crippen LogP contribution in [0.1, 0.15) is 25.7 Å². The molecular formula is C15H24N4O10. The second kappa shape index (κ2) is 13.0. The summed E-state index contributed by atoms with van der Waals surface area (Å²) in [6.45, 7) is -1.32. The first-order valence-corrected chi connectivity index (χ1v) is 8.39. The molecule has 3 unspecified atom stereocenters. The highest BCUT2D eigenvalue weighted by atomic mass is 16.4. The molecule has 0 fully saturated rings. The second-order valence-corrected chi connectivity index (χ2v) is 5.83. The minimum Gasteiger partial charge on any atom is -0.481 e. The molecule has 0 aromatic heterocycles. The monoisotopic (exact) mass is 420 g/mol. The van der Waals surface area contributed by atoms with Gasteiger partial charge in [-0.2, -0.15) is 0 Å². The van der Waals surface area contributed by atoms with Crippen LogP contribution in [0.25, 0.3) is 0 Å². The van der Waals surface area contributed by atoms with Crippen molar-refractivity contribution in [3.63, 3.8) is 0 Å². The van der Waals surface area contributed by atoms with Crippen LogP contribution in [0, 0.1) is 0 Å². The van der Waals surface area contributed by atoms with Crippen LogP contribution in [0.3, 0.4) is 0 Å². The number of carbonyl (C=O) groups is 6. The Kier molecular flexibility index (Phi) is 11.5. The Morgan fingerprint density at radius 1 is 0.724 bits per heavy atom. The molecule has 0 aliphatic heterocycles. The van der Waals surface area contributed by atoms with Crippen LogP contribution in [0.2, 0.25) is 0 Å². The van der Waals surface area contributed by atoms with Crippen molar-refractivity contribution in [1.29, 1.82) is 0 Å². The SMILES string of the molecule is NCC(=O)NC(CO)C(=O)NC(CCC(=O)O)C(=O)NC(CCC(=O)O)C(=O)O. The van der Waals surface area contributed by atoms with Gasteiger partial charge in [0.2, 0.25) is 17.7 Å². The fraction of sp³-hybridized carbons (Fsp3) is 0.600. The van der Waals surface area contributed by atoms with Gasteiger partial charge in [0, 0.05) is 12.8 Å². The molecule has 0 aromatic rings. The van der Waals surface area contributed by atoms with Crippen molar-refractivity contribution in [3.8, 4) is 0 Å². The molecule has 0 aliphatic rings. The van der Waals surface area contributed by atoms with Crippen LogP contribution in [0.15, 0.2) is 0 Å². The van der Waals surface area contributed by atoms with Crippen LogP contribution in [0.4, 0.5) is 0 Å². The number of aliphatic hydroxyl groups excluding tert-OH is 1. The Bertz CT molecular complexity index is 639.